The molecule has 0 saturated heterocycles. The van der Waals surface area contributed by atoms with E-state index >= 15 is 0 Å². The fraction of sp³-hybridized carbons (Fsp3) is 0. The number of nitrogens with one attached hydrogen (secondary N) is 2. The number of nitrogens with two attached hydrogens (primary N) is 1. The van der Waals surface area contributed by atoms with E-state index in [9.17, 15) is 0 Å². The highest BCUT2D eigenvalue weighted by Gasteiger charge is 2.16. The first-order valence-electron chi connectivity index (χ1n) is 5.26. The summed E-state index contributed by atoms with van der Waals surface area (Å²) in [5.41, 5.74) is 7.93. The van der Waals surface area contributed by atoms with Gasteiger partial charge in [0.05, 0.1) is 11.4 Å². The molecule has 0 radical (unpaired) electrons. The Kier molecular flexibility index (Phi) is 2.01. The molecule has 0 bridgehead atoms. The van der Waals surface area contributed by atoms with E-state index in [2.05, 4.69) is 5.32 Å². The number of anilines is 2. The zero-order chi connectivity index (χ0) is 11.8. The van der Waals surface area contributed by atoms with Gasteiger partial charge < -0.3 is 15.8 Å². The highest BCUT2D eigenvalue weighted by molar-refractivity contribution is 5.96. The summed E-state index contributed by atoms with van der Waals surface area (Å²) in [7, 11) is 0. The minimum atomic E-state index is 0.0373. The molecule has 0 aliphatic carbocycles. The van der Waals surface area contributed by atoms with Crippen molar-refractivity contribution >= 4 is 17.2 Å². The van der Waals surface area contributed by atoms with Gasteiger partial charge in [0.15, 0.2) is 11.5 Å². The Labute approximate surface area is 98.5 Å². The van der Waals surface area contributed by atoms with Crippen LogP contribution in [-0.4, -0.2) is 5.84 Å². The predicted octanol–water partition coefficient (Wildman–Crippen LogP) is 2.82. The molecule has 0 saturated carbocycles. The first-order valence-corrected chi connectivity index (χ1v) is 5.26. The molecule has 4 heteroatoms. The molecule has 1 heterocycles. The monoisotopic (exact) mass is 225 g/mol. The van der Waals surface area contributed by atoms with Crippen molar-refractivity contribution in [2.75, 3.05) is 5.32 Å². The summed E-state index contributed by atoms with van der Waals surface area (Å²) in [5.74, 6) is 1.51. The molecule has 2 aromatic rings. The van der Waals surface area contributed by atoms with E-state index in [0.29, 0.717) is 11.3 Å². The van der Waals surface area contributed by atoms with Gasteiger partial charge in [0, 0.05) is 5.56 Å². The summed E-state index contributed by atoms with van der Waals surface area (Å²) in [5, 5.41) is 10.7. The van der Waals surface area contributed by atoms with Crippen LogP contribution in [0.5, 0.6) is 11.5 Å². The SMILES string of the molecule is N=C(N)c1ccc2c(c1)Oc1ccccc1N2. The number of hydrogen-bond donors (Lipinski definition) is 3. The van der Waals surface area contributed by atoms with Crippen LogP contribution in [0, 0.1) is 5.41 Å². The van der Waals surface area contributed by atoms with Crippen LogP contribution >= 0.6 is 0 Å². The van der Waals surface area contributed by atoms with Crippen molar-refractivity contribution in [1.82, 2.24) is 0 Å². The van der Waals surface area contributed by atoms with Gasteiger partial charge in [0.2, 0.25) is 0 Å². The number of para-hydroxylation sites is 2. The summed E-state index contributed by atoms with van der Waals surface area (Å²) in [6.45, 7) is 0. The van der Waals surface area contributed by atoms with E-state index in [0.717, 1.165) is 17.1 Å². The van der Waals surface area contributed by atoms with Crippen LogP contribution in [0.4, 0.5) is 11.4 Å². The maximum atomic E-state index is 7.40. The lowest BCUT2D eigenvalue weighted by atomic mass is 10.1. The number of hydrogen-bond acceptors (Lipinski definition) is 3. The molecular formula is C13H11N3O. The molecule has 0 amide bonds. The van der Waals surface area contributed by atoms with Gasteiger partial charge in [-0.15, -0.1) is 0 Å². The Bertz CT molecular complexity index is 607. The Balaban J connectivity index is 2.06. The van der Waals surface area contributed by atoms with Crippen molar-refractivity contribution in [3.05, 3.63) is 48.0 Å². The van der Waals surface area contributed by atoms with Crippen molar-refractivity contribution in [2.24, 2.45) is 5.73 Å². The Morgan fingerprint density at radius 3 is 2.65 bits per heavy atom. The zero-order valence-corrected chi connectivity index (χ0v) is 9.03. The molecule has 0 aromatic heterocycles. The first kappa shape index (κ1) is 9.72. The number of benzene rings is 2. The standard InChI is InChI=1S/C13H11N3O/c14-13(15)8-5-6-10-12(7-8)17-11-4-2-1-3-9(11)16-10/h1-7,16H,(H3,14,15). The third kappa shape index (κ3) is 1.59. The first-order chi connectivity index (χ1) is 8.24. The molecule has 17 heavy (non-hydrogen) atoms. The van der Waals surface area contributed by atoms with Crippen molar-refractivity contribution < 1.29 is 4.74 Å². The quantitative estimate of drug-likeness (QED) is 0.440. The number of rotatable bonds is 1. The minimum absolute atomic E-state index is 0.0373. The lowest BCUT2D eigenvalue weighted by Crippen LogP contribution is -2.12. The van der Waals surface area contributed by atoms with Gasteiger partial charge in [-0.3, -0.25) is 5.41 Å². The normalized spacial score (nSPS) is 11.8. The van der Waals surface area contributed by atoms with Crippen LogP contribution in [0.25, 0.3) is 0 Å². The van der Waals surface area contributed by atoms with Crippen LogP contribution in [0.3, 0.4) is 0 Å². The van der Waals surface area contributed by atoms with Gasteiger partial charge >= 0.3 is 0 Å². The largest absolute Gasteiger partial charge is 0.453 e. The smallest absolute Gasteiger partial charge is 0.151 e. The van der Waals surface area contributed by atoms with Crippen molar-refractivity contribution in [3.63, 3.8) is 0 Å². The van der Waals surface area contributed by atoms with Gasteiger partial charge in [-0.05, 0) is 30.3 Å². The average molecular weight is 225 g/mol. The summed E-state index contributed by atoms with van der Waals surface area (Å²) in [6.07, 6.45) is 0. The molecule has 3 rings (SSSR count). The van der Waals surface area contributed by atoms with Crippen LogP contribution < -0.4 is 15.8 Å². The third-order valence-corrected chi connectivity index (χ3v) is 2.67. The van der Waals surface area contributed by atoms with Crippen LogP contribution in [0.1, 0.15) is 5.56 Å². The Hall–Kier alpha value is -2.49. The minimum Gasteiger partial charge on any atom is -0.453 e. The van der Waals surface area contributed by atoms with Gasteiger partial charge in [-0.2, -0.15) is 0 Å². The van der Waals surface area contributed by atoms with E-state index in [1.165, 1.54) is 0 Å². The molecule has 4 nitrogen and oxygen atoms in total. The molecule has 84 valence electrons. The second kappa shape index (κ2) is 3.52. The number of ether oxygens (including phenoxy) is 1. The molecule has 0 spiro atoms. The zero-order valence-electron chi connectivity index (χ0n) is 9.03. The lowest BCUT2D eigenvalue weighted by Gasteiger charge is -2.21. The molecule has 0 atom stereocenters. The Morgan fingerprint density at radius 2 is 1.82 bits per heavy atom. The maximum absolute atomic E-state index is 7.40. The number of fused-ring (bicyclic) bond motifs is 2. The van der Waals surface area contributed by atoms with Gasteiger partial charge in [0.25, 0.3) is 0 Å². The van der Waals surface area contributed by atoms with Crippen LogP contribution in [0.2, 0.25) is 0 Å². The van der Waals surface area contributed by atoms with Gasteiger partial charge in [-0.25, -0.2) is 0 Å². The summed E-state index contributed by atoms with van der Waals surface area (Å²) in [4.78, 5) is 0. The highest BCUT2D eigenvalue weighted by Crippen LogP contribution is 2.41. The van der Waals surface area contributed by atoms with Crippen LogP contribution in [0.15, 0.2) is 42.5 Å². The lowest BCUT2D eigenvalue weighted by molar-refractivity contribution is 0.481. The van der Waals surface area contributed by atoms with E-state index in [1.807, 2.05) is 30.3 Å². The third-order valence-electron chi connectivity index (χ3n) is 2.67. The Morgan fingerprint density at radius 1 is 1.06 bits per heavy atom. The van der Waals surface area contributed by atoms with Gasteiger partial charge in [0.1, 0.15) is 5.84 Å². The molecule has 0 fully saturated rings. The number of amidine groups is 1. The van der Waals surface area contributed by atoms with Crippen molar-refractivity contribution in [2.45, 2.75) is 0 Å². The van der Waals surface area contributed by atoms with Crippen LogP contribution in [-0.2, 0) is 0 Å². The fourth-order valence-corrected chi connectivity index (χ4v) is 1.80. The fourth-order valence-electron chi connectivity index (χ4n) is 1.80. The van der Waals surface area contributed by atoms with Gasteiger partial charge in [-0.1, -0.05) is 12.1 Å². The van der Waals surface area contributed by atoms with E-state index in [1.54, 1.807) is 12.1 Å². The second-order valence-electron chi connectivity index (χ2n) is 3.85. The summed E-state index contributed by atoms with van der Waals surface area (Å²) >= 11 is 0. The van der Waals surface area contributed by atoms with Crippen molar-refractivity contribution in [1.29, 1.82) is 5.41 Å². The summed E-state index contributed by atoms with van der Waals surface area (Å²) in [6, 6.07) is 13.1. The second-order valence-corrected chi connectivity index (χ2v) is 3.85. The molecule has 1 aliphatic rings. The predicted molar refractivity (Wildman–Crippen MR) is 67.3 cm³/mol. The molecule has 0 unspecified atom stereocenters. The molecule has 4 N–H and O–H groups in total. The average Bonchev–Trinajstić information content (AvgIpc) is 2.35. The topological polar surface area (TPSA) is 71.1 Å². The van der Waals surface area contributed by atoms with E-state index in [4.69, 9.17) is 15.9 Å². The van der Waals surface area contributed by atoms with E-state index < -0.39 is 0 Å². The number of nitrogen functional groups attached to an aromatic ring is 1. The molecular weight excluding hydrogens is 214 g/mol. The van der Waals surface area contributed by atoms with Crippen molar-refractivity contribution in [3.8, 4) is 11.5 Å². The molecule has 1 aliphatic heterocycles. The molecule has 2 aromatic carbocycles. The van der Waals surface area contributed by atoms with E-state index in [-0.39, 0.29) is 5.84 Å². The summed E-state index contributed by atoms with van der Waals surface area (Å²) < 4.78 is 5.75. The highest BCUT2D eigenvalue weighted by atomic mass is 16.5. The maximum Gasteiger partial charge on any atom is 0.151 e.